The van der Waals surface area contributed by atoms with E-state index in [2.05, 4.69) is 0 Å². The van der Waals surface area contributed by atoms with Gasteiger partial charge in [-0.25, -0.2) is 8.42 Å². The SMILES string of the molecule is CCN(C(C)COC)S(=O)(=O)c1cc(CO)ccc1Cl. The molecule has 0 spiro atoms. The van der Waals surface area contributed by atoms with E-state index >= 15 is 0 Å². The Morgan fingerprint density at radius 1 is 1.45 bits per heavy atom. The van der Waals surface area contributed by atoms with E-state index in [1.165, 1.54) is 23.5 Å². The largest absolute Gasteiger partial charge is 0.392 e. The van der Waals surface area contributed by atoms with Crippen LogP contribution >= 0.6 is 11.6 Å². The third-order valence-corrected chi connectivity index (χ3v) is 5.55. The molecule has 0 fully saturated rings. The van der Waals surface area contributed by atoms with Crippen molar-refractivity contribution in [2.75, 3.05) is 20.3 Å². The van der Waals surface area contributed by atoms with E-state index in [0.717, 1.165) is 0 Å². The van der Waals surface area contributed by atoms with Crippen LogP contribution in [0.2, 0.25) is 5.02 Å². The molecule has 0 amide bonds. The fraction of sp³-hybridized carbons (Fsp3) is 0.538. The van der Waals surface area contributed by atoms with Crippen molar-refractivity contribution in [3.8, 4) is 0 Å². The van der Waals surface area contributed by atoms with E-state index in [4.69, 9.17) is 21.4 Å². The molecule has 0 bridgehead atoms. The van der Waals surface area contributed by atoms with Crippen molar-refractivity contribution in [1.82, 2.24) is 4.31 Å². The highest BCUT2D eigenvalue weighted by molar-refractivity contribution is 7.89. The van der Waals surface area contributed by atoms with Crippen LogP contribution in [0.3, 0.4) is 0 Å². The van der Waals surface area contributed by atoms with Crippen LogP contribution in [0.5, 0.6) is 0 Å². The lowest BCUT2D eigenvalue weighted by molar-refractivity contribution is 0.142. The molecule has 20 heavy (non-hydrogen) atoms. The van der Waals surface area contributed by atoms with E-state index in [1.807, 2.05) is 0 Å². The first-order valence-corrected chi connectivity index (χ1v) is 8.10. The van der Waals surface area contributed by atoms with Gasteiger partial charge in [0.25, 0.3) is 0 Å². The lowest BCUT2D eigenvalue weighted by Gasteiger charge is -2.27. The zero-order chi connectivity index (χ0) is 15.3. The molecule has 1 N–H and O–H groups in total. The maximum atomic E-state index is 12.7. The maximum Gasteiger partial charge on any atom is 0.244 e. The van der Waals surface area contributed by atoms with E-state index in [0.29, 0.717) is 18.7 Å². The molecular weight excluding hydrogens is 302 g/mol. The minimum absolute atomic E-state index is 0.00974. The van der Waals surface area contributed by atoms with E-state index in [9.17, 15) is 8.42 Å². The van der Waals surface area contributed by atoms with Crippen molar-refractivity contribution in [3.05, 3.63) is 28.8 Å². The van der Waals surface area contributed by atoms with Crippen molar-refractivity contribution >= 4 is 21.6 Å². The summed E-state index contributed by atoms with van der Waals surface area (Å²) in [6, 6.07) is 4.18. The summed E-state index contributed by atoms with van der Waals surface area (Å²) in [5.41, 5.74) is 0.503. The van der Waals surface area contributed by atoms with Crippen molar-refractivity contribution in [2.24, 2.45) is 0 Å². The number of aliphatic hydroxyl groups excluding tert-OH is 1. The van der Waals surface area contributed by atoms with Gasteiger partial charge in [0, 0.05) is 19.7 Å². The third kappa shape index (κ3) is 3.71. The van der Waals surface area contributed by atoms with Gasteiger partial charge in [0.05, 0.1) is 18.2 Å². The smallest absolute Gasteiger partial charge is 0.244 e. The molecule has 0 heterocycles. The van der Waals surface area contributed by atoms with Crippen LogP contribution in [0, 0.1) is 0 Å². The minimum atomic E-state index is -3.73. The first-order chi connectivity index (χ1) is 9.38. The van der Waals surface area contributed by atoms with Crippen molar-refractivity contribution in [1.29, 1.82) is 0 Å². The first-order valence-electron chi connectivity index (χ1n) is 6.28. The summed E-state index contributed by atoms with van der Waals surface area (Å²) in [6.07, 6.45) is 0. The van der Waals surface area contributed by atoms with Crippen molar-refractivity contribution in [3.63, 3.8) is 0 Å². The Morgan fingerprint density at radius 2 is 2.10 bits per heavy atom. The molecule has 0 aliphatic rings. The van der Waals surface area contributed by atoms with Crippen LogP contribution in [0.1, 0.15) is 19.4 Å². The summed E-state index contributed by atoms with van der Waals surface area (Å²) in [6.45, 7) is 3.90. The second-order valence-corrected chi connectivity index (χ2v) is 6.70. The standard InChI is InChI=1S/C13H20ClNO4S/c1-4-15(10(2)9-19-3)20(17,18)13-7-11(8-16)5-6-12(13)14/h5-7,10,16H,4,8-9H2,1-3H3. The predicted octanol–water partition coefficient (Wildman–Crippen LogP) is 1.88. The Morgan fingerprint density at radius 3 is 2.60 bits per heavy atom. The van der Waals surface area contributed by atoms with Gasteiger partial charge in [-0.2, -0.15) is 4.31 Å². The number of rotatable bonds is 7. The van der Waals surface area contributed by atoms with Gasteiger partial charge in [-0.05, 0) is 24.6 Å². The molecule has 0 saturated carbocycles. The summed E-state index contributed by atoms with van der Waals surface area (Å²) in [7, 11) is -2.20. The summed E-state index contributed by atoms with van der Waals surface area (Å²) in [5, 5.41) is 9.28. The molecule has 114 valence electrons. The number of hydrogen-bond acceptors (Lipinski definition) is 4. The van der Waals surface area contributed by atoms with Gasteiger partial charge in [0.1, 0.15) is 4.90 Å². The highest BCUT2D eigenvalue weighted by Gasteiger charge is 2.29. The normalized spacial score (nSPS) is 13.7. The van der Waals surface area contributed by atoms with Gasteiger partial charge in [-0.3, -0.25) is 0 Å². The summed E-state index contributed by atoms with van der Waals surface area (Å²) in [5.74, 6) is 0. The van der Waals surface area contributed by atoms with Gasteiger partial charge in [0.2, 0.25) is 10.0 Å². The fourth-order valence-electron chi connectivity index (χ4n) is 2.01. The number of likely N-dealkylation sites (N-methyl/N-ethyl adjacent to an activating group) is 1. The van der Waals surface area contributed by atoms with Crippen LogP contribution in [0.15, 0.2) is 23.1 Å². The van der Waals surface area contributed by atoms with Crippen LogP contribution in [-0.4, -0.2) is 44.1 Å². The van der Waals surface area contributed by atoms with Crippen LogP contribution in [0.4, 0.5) is 0 Å². The zero-order valence-electron chi connectivity index (χ0n) is 11.8. The van der Waals surface area contributed by atoms with Crippen LogP contribution in [-0.2, 0) is 21.4 Å². The molecule has 0 saturated heterocycles. The molecule has 7 heteroatoms. The first kappa shape index (κ1) is 17.4. The number of halogens is 1. The Kier molecular flexibility index (Phi) is 6.42. The third-order valence-electron chi connectivity index (χ3n) is 2.98. The molecule has 0 radical (unpaired) electrons. The Hall–Kier alpha value is -0.660. The zero-order valence-corrected chi connectivity index (χ0v) is 13.4. The van der Waals surface area contributed by atoms with Crippen molar-refractivity contribution < 1.29 is 18.3 Å². The molecule has 0 aliphatic carbocycles. The number of methoxy groups -OCH3 is 1. The van der Waals surface area contributed by atoms with Gasteiger partial charge < -0.3 is 9.84 Å². The summed E-state index contributed by atoms with van der Waals surface area (Å²) in [4.78, 5) is 0.00974. The summed E-state index contributed by atoms with van der Waals surface area (Å²) >= 11 is 6.00. The number of aliphatic hydroxyl groups is 1. The lowest BCUT2D eigenvalue weighted by Crippen LogP contribution is -2.41. The Balaban J connectivity index is 3.26. The molecule has 5 nitrogen and oxygen atoms in total. The summed E-state index contributed by atoms with van der Waals surface area (Å²) < 4.78 is 31.7. The molecule has 0 aliphatic heterocycles. The Labute approximate surface area is 125 Å². The molecule has 1 unspecified atom stereocenters. The number of sulfonamides is 1. The highest BCUT2D eigenvalue weighted by Crippen LogP contribution is 2.27. The molecule has 1 aromatic rings. The molecular formula is C13H20ClNO4S. The molecule has 0 aromatic heterocycles. The Bertz CT molecular complexity index is 547. The number of hydrogen-bond donors (Lipinski definition) is 1. The second-order valence-electron chi connectivity index (χ2n) is 4.44. The quantitative estimate of drug-likeness (QED) is 0.832. The fourth-order valence-corrected chi connectivity index (χ4v) is 4.17. The second kappa shape index (κ2) is 7.38. The molecule has 1 aromatic carbocycles. The predicted molar refractivity (Wildman–Crippen MR) is 78.3 cm³/mol. The van der Waals surface area contributed by atoms with Gasteiger partial charge >= 0.3 is 0 Å². The number of nitrogens with zero attached hydrogens (tertiary/aromatic N) is 1. The maximum absolute atomic E-state index is 12.7. The van der Waals surface area contributed by atoms with E-state index in [-0.39, 0.29) is 22.6 Å². The topological polar surface area (TPSA) is 66.8 Å². The molecule has 1 atom stereocenters. The van der Waals surface area contributed by atoms with Gasteiger partial charge in [0.15, 0.2) is 0 Å². The number of ether oxygens (including phenoxy) is 1. The lowest BCUT2D eigenvalue weighted by atomic mass is 10.2. The van der Waals surface area contributed by atoms with E-state index < -0.39 is 10.0 Å². The monoisotopic (exact) mass is 321 g/mol. The number of benzene rings is 1. The van der Waals surface area contributed by atoms with Gasteiger partial charge in [-0.15, -0.1) is 0 Å². The highest BCUT2D eigenvalue weighted by atomic mass is 35.5. The average molecular weight is 322 g/mol. The van der Waals surface area contributed by atoms with Crippen molar-refractivity contribution in [2.45, 2.75) is 31.4 Å². The van der Waals surface area contributed by atoms with E-state index in [1.54, 1.807) is 19.9 Å². The van der Waals surface area contributed by atoms with Crippen LogP contribution in [0.25, 0.3) is 0 Å². The van der Waals surface area contributed by atoms with Gasteiger partial charge in [-0.1, -0.05) is 24.6 Å². The van der Waals surface area contributed by atoms with Crippen LogP contribution < -0.4 is 0 Å². The average Bonchev–Trinajstić information content (AvgIpc) is 2.39. The molecule has 1 rings (SSSR count). The minimum Gasteiger partial charge on any atom is -0.392 e.